The van der Waals surface area contributed by atoms with Crippen molar-refractivity contribution in [3.63, 3.8) is 0 Å². The molecular formula is C12H13NS. The highest BCUT2D eigenvalue weighted by molar-refractivity contribution is 7.09. The smallest absolute Gasteiger partial charge is 0.0968 e. The maximum atomic E-state index is 4.29. The van der Waals surface area contributed by atoms with Crippen molar-refractivity contribution in [3.8, 4) is 0 Å². The highest BCUT2D eigenvalue weighted by Crippen LogP contribution is 2.16. The van der Waals surface area contributed by atoms with Gasteiger partial charge in [0.25, 0.3) is 0 Å². The summed E-state index contributed by atoms with van der Waals surface area (Å²) in [5.74, 6) is 0. The first-order valence-electron chi connectivity index (χ1n) is 4.70. The molecular weight excluding hydrogens is 190 g/mol. The molecule has 1 heterocycles. The zero-order valence-corrected chi connectivity index (χ0v) is 9.27. The molecule has 2 heteroatoms. The molecule has 0 atom stereocenters. The Hall–Kier alpha value is -1.15. The summed E-state index contributed by atoms with van der Waals surface area (Å²) in [5, 5.41) is 3.22. The molecule has 0 spiro atoms. The van der Waals surface area contributed by atoms with E-state index >= 15 is 0 Å². The molecule has 1 aromatic carbocycles. The van der Waals surface area contributed by atoms with Crippen molar-refractivity contribution < 1.29 is 0 Å². The molecule has 14 heavy (non-hydrogen) atoms. The quantitative estimate of drug-likeness (QED) is 0.729. The van der Waals surface area contributed by atoms with E-state index in [4.69, 9.17) is 0 Å². The van der Waals surface area contributed by atoms with Gasteiger partial charge in [0.15, 0.2) is 0 Å². The van der Waals surface area contributed by atoms with Crippen molar-refractivity contribution in [2.24, 2.45) is 0 Å². The number of hydrogen-bond donors (Lipinski definition) is 0. The first kappa shape index (κ1) is 9.41. The number of hydrogen-bond acceptors (Lipinski definition) is 2. The molecule has 0 unspecified atom stereocenters. The van der Waals surface area contributed by atoms with Gasteiger partial charge in [0.2, 0.25) is 0 Å². The third-order valence-corrected chi connectivity index (χ3v) is 3.10. The van der Waals surface area contributed by atoms with E-state index in [1.807, 2.05) is 11.6 Å². The third kappa shape index (κ3) is 2.02. The minimum absolute atomic E-state index is 0.962. The molecule has 0 saturated carbocycles. The Morgan fingerprint density at radius 3 is 2.79 bits per heavy atom. The van der Waals surface area contributed by atoms with E-state index in [0.717, 1.165) is 6.42 Å². The van der Waals surface area contributed by atoms with Crippen LogP contribution in [0.3, 0.4) is 0 Å². The number of rotatable bonds is 2. The number of thiazole rings is 1. The van der Waals surface area contributed by atoms with Crippen LogP contribution in [0.5, 0.6) is 0 Å². The Balaban J connectivity index is 2.25. The van der Waals surface area contributed by atoms with Gasteiger partial charge in [0.05, 0.1) is 5.01 Å². The lowest BCUT2D eigenvalue weighted by Gasteiger charge is -2.04. The predicted octanol–water partition coefficient (Wildman–Crippen LogP) is 3.35. The molecule has 1 aromatic heterocycles. The first-order chi connectivity index (χ1) is 6.75. The highest BCUT2D eigenvalue weighted by Gasteiger charge is 2.01. The lowest BCUT2D eigenvalue weighted by atomic mass is 10.0. The van der Waals surface area contributed by atoms with Crippen molar-refractivity contribution >= 4 is 11.3 Å². The van der Waals surface area contributed by atoms with E-state index in [2.05, 4.69) is 37.0 Å². The summed E-state index contributed by atoms with van der Waals surface area (Å²) in [5.41, 5.74) is 4.07. The number of aryl methyl sites for hydroxylation is 2. The lowest BCUT2D eigenvalue weighted by molar-refractivity contribution is 1.11. The van der Waals surface area contributed by atoms with E-state index in [0.29, 0.717) is 0 Å². The predicted molar refractivity (Wildman–Crippen MR) is 60.8 cm³/mol. The summed E-state index contributed by atoms with van der Waals surface area (Å²) in [4.78, 5) is 4.29. The molecule has 0 aliphatic heterocycles. The molecule has 0 aliphatic carbocycles. The van der Waals surface area contributed by atoms with Crippen molar-refractivity contribution in [2.45, 2.75) is 20.3 Å². The van der Waals surface area contributed by atoms with E-state index in [9.17, 15) is 0 Å². The summed E-state index contributed by atoms with van der Waals surface area (Å²) < 4.78 is 0. The van der Waals surface area contributed by atoms with Gasteiger partial charge in [-0.1, -0.05) is 23.8 Å². The largest absolute Gasteiger partial charge is 0.249 e. The zero-order chi connectivity index (χ0) is 9.97. The first-order valence-corrected chi connectivity index (χ1v) is 5.58. The summed E-state index contributed by atoms with van der Waals surface area (Å²) in [7, 11) is 0. The van der Waals surface area contributed by atoms with Crippen molar-refractivity contribution in [1.29, 1.82) is 0 Å². The second-order valence-corrected chi connectivity index (χ2v) is 4.51. The molecule has 0 radical (unpaired) electrons. The maximum Gasteiger partial charge on any atom is 0.0968 e. The molecule has 0 amide bonds. The average Bonchev–Trinajstić information content (AvgIpc) is 2.62. The molecule has 2 rings (SSSR count). The molecule has 72 valence electrons. The Kier molecular flexibility index (Phi) is 2.64. The molecule has 0 bridgehead atoms. The zero-order valence-electron chi connectivity index (χ0n) is 8.45. The van der Waals surface area contributed by atoms with Gasteiger partial charge in [0, 0.05) is 18.0 Å². The van der Waals surface area contributed by atoms with Crippen LogP contribution in [0.25, 0.3) is 0 Å². The van der Waals surface area contributed by atoms with Crippen LogP contribution in [-0.2, 0) is 6.42 Å². The average molecular weight is 203 g/mol. The number of nitrogens with zero attached hydrogens (tertiary/aromatic N) is 1. The second kappa shape index (κ2) is 3.93. The fourth-order valence-electron chi connectivity index (χ4n) is 1.55. The van der Waals surface area contributed by atoms with Crippen molar-refractivity contribution in [3.05, 3.63) is 51.5 Å². The lowest BCUT2D eigenvalue weighted by Crippen LogP contribution is -1.91. The summed E-state index contributed by atoms with van der Waals surface area (Å²) >= 11 is 1.72. The highest BCUT2D eigenvalue weighted by atomic mass is 32.1. The Morgan fingerprint density at radius 2 is 2.14 bits per heavy atom. The van der Waals surface area contributed by atoms with Crippen LogP contribution in [0.2, 0.25) is 0 Å². The standard InChI is InChI=1S/C12H13NS/c1-9-3-4-11(10(2)7-9)8-12-13-5-6-14-12/h3-7H,8H2,1-2H3. The normalized spacial score (nSPS) is 10.4. The molecule has 2 aromatic rings. The van der Waals surface area contributed by atoms with Gasteiger partial charge in [-0.3, -0.25) is 0 Å². The van der Waals surface area contributed by atoms with E-state index in [1.54, 1.807) is 11.3 Å². The monoisotopic (exact) mass is 203 g/mol. The molecule has 0 aliphatic rings. The fraction of sp³-hybridized carbons (Fsp3) is 0.250. The van der Waals surface area contributed by atoms with Crippen LogP contribution in [0.4, 0.5) is 0 Å². The fourth-order valence-corrected chi connectivity index (χ4v) is 2.19. The Morgan fingerprint density at radius 1 is 1.29 bits per heavy atom. The number of benzene rings is 1. The van der Waals surface area contributed by atoms with Gasteiger partial charge in [-0.2, -0.15) is 0 Å². The summed E-state index contributed by atoms with van der Waals surface area (Å²) in [6.07, 6.45) is 2.83. The molecule has 1 nitrogen and oxygen atoms in total. The molecule has 0 saturated heterocycles. The van der Waals surface area contributed by atoms with Crippen LogP contribution in [0.15, 0.2) is 29.8 Å². The van der Waals surface area contributed by atoms with Crippen molar-refractivity contribution in [1.82, 2.24) is 4.98 Å². The van der Waals surface area contributed by atoms with Gasteiger partial charge in [0.1, 0.15) is 0 Å². The van der Waals surface area contributed by atoms with Gasteiger partial charge in [-0.25, -0.2) is 4.98 Å². The van der Waals surface area contributed by atoms with Gasteiger partial charge in [-0.05, 0) is 25.0 Å². The van der Waals surface area contributed by atoms with Crippen LogP contribution in [-0.4, -0.2) is 4.98 Å². The van der Waals surface area contributed by atoms with Gasteiger partial charge < -0.3 is 0 Å². The van der Waals surface area contributed by atoms with Gasteiger partial charge >= 0.3 is 0 Å². The van der Waals surface area contributed by atoms with E-state index < -0.39 is 0 Å². The summed E-state index contributed by atoms with van der Waals surface area (Å²) in [6.45, 7) is 4.29. The second-order valence-electron chi connectivity index (χ2n) is 3.53. The van der Waals surface area contributed by atoms with Crippen molar-refractivity contribution in [2.75, 3.05) is 0 Å². The van der Waals surface area contributed by atoms with E-state index in [1.165, 1.54) is 21.7 Å². The third-order valence-electron chi connectivity index (χ3n) is 2.32. The van der Waals surface area contributed by atoms with Crippen LogP contribution in [0.1, 0.15) is 21.7 Å². The van der Waals surface area contributed by atoms with Crippen LogP contribution >= 0.6 is 11.3 Å². The Bertz CT molecular complexity index is 418. The van der Waals surface area contributed by atoms with Gasteiger partial charge in [-0.15, -0.1) is 11.3 Å². The minimum atomic E-state index is 0.962. The van der Waals surface area contributed by atoms with Crippen LogP contribution in [0, 0.1) is 13.8 Å². The van der Waals surface area contributed by atoms with Crippen LogP contribution < -0.4 is 0 Å². The van der Waals surface area contributed by atoms with E-state index in [-0.39, 0.29) is 0 Å². The maximum absolute atomic E-state index is 4.29. The topological polar surface area (TPSA) is 12.9 Å². The molecule has 0 fully saturated rings. The molecule has 0 N–H and O–H groups in total. The Labute approximate surface area is 88.4 Å². The minimum Gasteiger partial charge on any atom is -0.249 e. The number of aromatic nitrogens is 1. The SMILES string of the molecule is Cc1ccc(Cc2nccs2)c(C)c1. The summed E-state index contributed by atoms with van der Waals surface area (Å²) in [6, 6.07) is 6.59.